The third-order valence-electron chi connectivity index (χ3n) is 2.35. The zero-order valence-electron chi connectivity index (χ0n) is 8.12. The normalized spacial score (nSPS) is 14.4. The molecule has 76 valence electrons. The average Bonchev–Trinajstić information content (AvgIpc) is 2.26. The van der Waals surface area contributed by atoms with Crippen molar-refractivity contribution < 1.29 is 9.84 Å². The van der Waals surface area contributed by atoms with Gasteiger partial charge in [0.15, 0.2) is 0 Å². The van der Waals surface area contributed by atoms with Crippen LogP contribution >= 0.6 is 0 Å². The van der Waals surface area contributed by atoms with Crippen LogP contribution < -0.4 is 10.1 Å². The van der Waals surface area contributed by atoms with Crippen LogP contribution in [0.2, 0.25) is 0 Å². The Kier molecular flexibility index (Phi) is 2.89. The lowest BCUT2D eigenvalue weighted by Crippen LogP contribution is -2.10. The number of benzene rings is 1. The predicted molar refractivity (Wildman–Crippen MR) is 55.8 cm³/mol. The molecule has 0 radical (unpaired) electrons. The van der Waals surface area contributed by atoms with Gasteiger partial charge >= 0.3 is 0 Å². The fourth-order valence-electron chi connectivity index (χ4n) is 1.67. The molecule has 1 aliphatic heterocycles. The van der Waals surface area contributed by atoms with Crippen LogP contribution in [-0.4, -0.2) is 24.9 Å². The first-order valence-corrected chi connectivity index (χ1v) is 5.00. The van der Waals surface area contributed by atoms with Crippen molar-refractivity contribution in [3.05, 3.63) is 23.8 Å². The molecule has 0 bridgehead atoms. The third kappa shape index (κ3) is 1.99. The molecule has 0 aliphatic carbocycles. The molecule has 14 heavy (non-hydrogen) atoms. The van der Waals surface area contributed by atoms with Gasteiger partial charge in [-0.3, -0.25) is 0 Å². The van der Waals surface area contributed by atoms with Gasteiger partial charge < -0.3 is 15.2 Å². The van der Waals surface area contributed by atoms with Crippen molar-refractivity contribution in [3.63, 3.8) is 0 Å². The van der Waals surface area contributed by atoms with E-state index in [1.54, 1.807) is 0 Å². The molecule has 0 aromatic heterocycles. The summed E-state index contributed by atoms with van der Waals surface area (Å²) in [6.45, 7) is 1.59. The number of hydrogen-bond donors (Lipinski definition) is 2. The lowest BCUT2D eigenvalue weighted by molar-refractivity contribution is 0.288. The highest BCUT2D eigenvalue weighted by atomic mass is 16.5. The molecule has 0 unspecified atom stereocenters. The summed E-state index contributed by atoms with van der Waals surface area (Å²) in [4.78, 5) is 0. The first kappa shape index (κ1) is 9.34. The highest BCUT2D eigenvalue weighted by Gasteiger charge is 2.09. The van der Waals surface area contributed by atoms with Crippen molar-refractivity contribution in [3.8, 4) is 5.75 Å². The molecule has 0 saturated carbocycles. The minimum atomic E-state index is 0.160. The Labute approximate surface area is 83.7 Å². The van der Waals surface area contributed by atoms with Crippen LogP contribution in [0.5, 0.6) is 5.75 Å². The Balaban J connectivity index is 2.12. The molecule has 0 spiro atoms. The fourth-order valence-corrected chi connectivity index (χ4v) is 1.67. The Morgan fingerprint density at radius 2 is 2.36 bits per heavy atom. The molecule has 3 heteroatoms. The second-order valence-corrected chi connectivity index (χ2v) is 3.42. The van der Waals surface area contributed by atoms with Gasteiger partial charge in [-0.15, -0.1) is 0 Å². The molecular formula is C11H15NO2. The zero-order valence-corrected chi connectivity index (χ0v) is 8.12. The number of aliphatic hydroxyl groups excluding tert-OH is 1. The summed E-state index contributed by atoms with van der Waals surface area (Å²) in [7, 11) is 0. The number of fused-ring (bicyclic) bond motifs is 1. The zero-order chi connectivity index (χ0) is 9.80. The van der Waals surface area contributed by atoms with Crippen molar-refractivity contribution in [1.29, 1.82) is 0 Å². The molecule has 0 atom stereocenters. The molecule has 3 nitrogen and oxygen atoms in total. The van der Waals surface area contributed by atoms with E-state index in [9.17, 15) is 0 Å². The molecule has 2 rings (SSSR count). The van der Waals surface area contributed by atoms with E-state index in [2.05, 4.69) is 11.4 Å². The second-order valence-electron chi connectivity index (χ2n) is 3.42. The molecule has 2 N–H and O–H groups in total. The van der Waals surface area contributed by atoms with Gasteiger partial charge in [-0.2, -0.15) is 0 Å². The number of anilines is 1. The molecule has 1 aromatic rings. The van der Waals surface area contributed by atoms with Crippen LogP contribution in [0.1, 0.15) is 12.0 Å². The van der Waals surface area contributed by atoms with Gasteiger partial charge in [0, 0.05) is 12.2 Å². The Bertz CT molecular complexity index is 312. The molecular weight excluding hydrogens is 178 g/mol. The summed E-state index contributed by atoms with van der Waals surface area (Å²) >= 11 is 0. The van der Waals surface area contributed by atoms with Crippen LogP contribution in [0.25, 0.3) is 0 Å². The molecule has 1 aromatic carbocycles. The average molecular weight is 193 g/mol. The standard InChI is InChI=1S/C11H15NO2/c13-6-5-12-10-3-4-11-9(8-10)2-1-7-14-11/h3-4,8,12-13H,1-2,5-7H2. The van der Waals surface area contributed by atoms with Gasteiger partial charge in [0.25, 0.3) is 0 Å². The maximum Gasteiger partial charge on any atom is 0.122 e. The van der Waals surface area contributed by atoms with E-state index in [0.717, 1.165) is 30.9 Å². The van der Waals surface area contributed by atoms with Crippen LogP contribution in [0, 0.1) is 0 Å². The number of hydrogen-bond acceptors (Lipinski definition) is 3. The number of aliphatic hydroxyl groups is 1. The van der Waals surface area contributed by atoms with E-state index >= 15 is 0 Å². The number of rotatable bonds is 3. The highest BCUT2D eigenvalue weighted by Crippen LogP contribution is 2.27. The van der Waals surface area contributed by atoms with Crippen LogP contribution in [0.15, 0.2) is 18.2 Å². The van der Waals surface area contributed by atoms with Crippen molar-refractivity contribution in [2.75, 3.05) is 25.1 Å². The molecule has 0 saturated heterocycles. The topological polar surface area (TPSA) is 41.5 Å². The quantitative estimate of drug-likeness (QED) is 0.762. The first-order chi connectivity index (χ1) is 6.90. The summed E-state index contributed by atoms with van der Waals surface area (Å²) in [5, 5.41) is 11.8. The fraction of sp³-hybridized carbons (Fsp3) is 0.455. The summed E-state index contributed by atoms with van der Waals surface area (Å²) < 4.78 is 5.51. The Hall–Kier alpha value is -1.22. The molecule has 1 heterocycles. The maximum absolute atomic E-state index is 8.68. The third-order valence-corrected chi connectivity index (χ3v) is 2.35. The van der Waals surface area contributed by atoms with Gasteiger partial charge in [0.2, 0.25) is 0 Å². The number of nitrogens with one attached hydrogen (secondary N) is 1. The number of aryl methyl sites for hydroxylation is 1. The van der Waals surface area contributed by atoms with Gasteiger partial charge in [-0.05, 0) is 36.6 Å². The minimum Gasteiger partial charge on any atom is -0.493 e. The summed E-state index contributed by atoms with van der Waals surface area (Å²) in [5.74, 6) is 1.01. The predicted octanol–water partition coefficient (Wildman–Crippen LogP) is 1.42. The van der Waals surface area contributed by atoms with Gasteiger partial charge in [-0.25, -0.2) is 0 Å². The summed E-state index contributed by atoms with van der Waals surface area (Å²) in [6.07, 6.45) is 2.18. The van der Waals surface area contributed by atoms with E-state index in [-0.39, 0.29) is 6.61 Å². The lowest BCUT2D eigenvalue weighted by Gasteiger charge is -2.18. The van der Waals surface area contributed by atoms with E-state index in [1.165, 1.54) is 5.56 Å². The number of ether oxygens (including phenoxy) is 1. The van der Waals surface area contributed by atoms with Gasteiger partial charge in [0.05, 0.1) is 13.2 Å². The molecule has 0 amide bonds. The monoisotopic (exact) mass is 193 g/mol. The van der Waals surface area contributed by atoms with Crippen LogP contribution in [0.4, 0.5) is 5.69 Å². The SMILES string of the molecule is OCCNc1ccc2c(c1)CCCO2. The largest absolute Gasteiger partial charge is 0.493 e. The lowest BCUT2D eigenvalue weighted by atomic mass is 10.1. The van der Waals surface area contributed by atoms with E-state index in [4.69, 9.17) is 9.84 Å². The van der Waals surface area contributed by atoms with Crippen LogP contribution in [0.3, 0.4) is 0 Å². The van der Waals surface area contributed by atoms with E-state index in [1.807, 2.05) is 12.1 Å². The smallest absolute Gasteiger partial charge is 0.122 e. The van der Waals surface area contributed by atoms with E-state index < -0.39 is 0 Å². The first-order valence-electron chi connectivity index (χ1n) is 5.00. The maximum atomic E-state index is 8.68. The molecule has 0 fully saturated rings. The highest BCUT2D eigenvalue weighted by molar-refractivity contribution is 5.51. The minimum absolute atomic E-state index is 0.160. The second kappa shape index (κ2) is 4.33. The van der Waals surface area contributed by atoms with Gasteiger partial charge in [-0.1, -0.05) is 0 Å². The Morgan fingerprint density at radius 1 is 1.43 bits per heavy atom. The van der Waals surface area contributed by atoms with Gasteiger partial charge in [0.1, 0.15) is 5.75 Å². The summed E-state index contributed by atoms with van der Waals surface area (Å²) in [6, 6.07) is 6.08. The van der Waals surface area contributed by atoms with Crippen molar-refractivity contribution in [2.24, 2.45) is 0 Å². The molecule has 1 aliphatic rings. The summed E-state index contributed by atoms with van der Waals surface area (Å²) in [5.41, 5.74) is 2.32. The van der Waals surface area contributed by atoms with Crippen molar-refractivity contribution >= 4 is 5.69 Å². The van der Waals surface area contributed by atoms with E-state index in [0.29, 0.717) is 6.54 Å². The van der Waals surface area contributed by atoms with Crippen molar-refractivity contribution in [1.82, 2.24) is 0 Å². The Morgan fingerprint density at radius 3 is 3.21 bits per heavy atom. The van der Waals surface area contributed by atoms with Crippen LogP contribution in [-0.2, 0) is 6.42 Å². The van der Waals surface area contributed by atoms with Crippen molar-refractivity contribution in [2.45, 2.75) is 12.8 Å².